The van der Waals surface area contributed by atoms with E-state index in [-0.39, 0.29) is 0 Å². The SMILES string of the molecule is CSC1=CC(=O)OC2(C)Oc3ccc4ccc(=O)oc4c3CC12C. The number of hydrogen-bond acceptors (Lipinski definition) is 6. The van der Waals surface area contributed by atoms with Crippen molar-refractivity contribution in [3.8, 4) is 5.75 Å². The largest absolute Gasteiger partial charge is 0.451 e. The highest BCUT2D eigenvalue weighted by Crippen LogP contribution is 2.55. The van der Waals surface area contributed by atoms with Crippen molar-refractivity contribution >= 4 is 28.7 Å². The molecule has 0 saturated carbocycles. The Kier molecular flexibility index (Phi) is 3.12. The van der Waals surface area contributed by atoms with Crippen molar-refractivity contribution in [3.05, 3.63) is 51.2 Å². The van der Waals surface area contributed by atoms with E-state index in [9.17, 15) is 9.59 Å². The first-order chi connectivity index (χ1) is 11.4. The fourth-order valence-electron chi connectivity index (χ4n) is 3.49. The van der Waals surface area contributed by atoms with Gasteiger partial charge in [-0.25, -0.2) is 9.59 Å². The topological polar surface area (TPSA) is 65.7 Å². The molecule has 0 aliphatic carbocycles. The van der Waals surface area contributed by atoms with Crippen molar-refractivity contribution < 1.29 is 18.7 Å². The molecule has 1 aromatic carbocycles. The van der Waals surface area contributed by atoms with Crippen LogP contribution >= 0.6 is 11.8 Å². The van der Waals surface area contributed by atoms with E-state index in [1.54, 1.807) is 13.0 Å². The maximum Gasteiger partial charge on any atom is 0.336 e. The zero-order chi connectivity index (χ0) is 17.1. The molecule has 24 heavy (non-hydrogen) atoms. The van der Waals surface area contributed by atoms with Gasteiger partial charge in [0, 0.05) is 34.9 Å². The maximum absolute atomic E-state index is 12.0. The van der Waals surface area contributed by atoms with Crippen LogP contribution in [0.5, 0.6) is 5.75 Å². The predicted octanol–water partition coefficient (Wildman–Crippen LogP) is 3.25. The van der Waals surface area contributed by atoms with Crippen LogP contribution in [0.4, 0.5) is 0 Å². The van der Waals surface area contributed by atoms with E-state index in [4.69, 9.17) is 13.9 Å². The summed E-state index contributed by atoms with van der Waals surface area (Å²) in [6.45, 7) is 3.78. The number of rotatable bonds is 1. The first-order valence-electron chi connectivity index (χ1n) is 7.60. The summed E-state index contributed by atoms with van der Waals surface area (Å²) >= 11 is 1.50. The van der Waals surface area contributed by atoms with Gasteiger partial charge in [-0.05, 0) is 37.8 Å². The lowest BCUT2D eigenvalue weighted by molar-refractivity contribution is -0.230. The zero-order valence-corrected chi connectivity index (χ0v) is 14.4. The first-order valence-corrected chi connectivity index (χ1v) is 8.83. The van der Waals surface area contributed by atoms with Crippen molar-refractivity contribution in [1.29, 1.82) is 0 Å². The summed E-state index contributed by atoms with van der Waals surface area (Å²) in [5, 5.41) is 0.839. The lowest BCUT2D eigenvalue weighted by Gasteiger charge is -2.51. The van der Waals surface area contributed by atoms with E-state index >= 15 is 0 Å². The summed E-state index contributed by atoms with van der Waals surface area (Å²) in [5.41, 5.74) is 0.393. The minimum Gasteiger partial charge on any atom is -0.451 e. The number of thioether (sulfide) groups is 1. The summed E-state index contributed by atoms with van der Waals surface area (Å²) in [7, 11) is 0. The second kappa shape index (κ2) is 4.89. The zero-order valence-electron chi connectivity index (χ0n) is 13.5. The minimum absolute atomic E-state index is 0.398. The van der Waals surface area contributed by atoms with Gasteiger partial charge in [0.25, 0.3) is 5.79 Å². The molecular formula is C18H16O5S. The van der Waals surface area contributed by atoms with E-state index in [2.05, 4.69) is 0 Å². The van der Waals surface area contributed by atoms with Crippen LogP contribution in [0.2, 0.25) is 0 Å². The molecule has 0 saturated heterocycles. The van der Waals surface area contributed by atoms with E-state index in [0.717, 1.165) is 15.9 Å². The Labute approximate surface area is 142 Å². The highest BCUT2D eigenvalue weighted by Gasteiger charge is 2.58. The third kappa shape index (κ3) is 1.95. The van der Waals surface area contributed by atoms with E-state index in [1.807, 2.05) is 25.3 Å². The Hall–Kier alpha value is -2.21. The number of benzene rings is 1. The third-order valence-electron chi connectivity index (χ3n) is 4.99. The molecule has 5 nitrogen and oxygen atoms in total. The van der Waals surface area contributed by atoms with Crippen molar-refractivity contribution in [2.24, 2.45) is 5.41 Å². The molecule has 0 spiro atoms. The van der Waals surface area contributed by atoms with Crippen molar-refractivity contribution in [3.63, 3.8) is 0 Å². The standard InChI is InChI=1S/C18H16O5S/c1-17-9-11-12(6-4-10-5-7-14(19)21-16(10)11)22-18(17,2)23-15(20)8-13(17)24-3/h4-8H,9H2,1-3H3. The van der Waals surface area contributed by atoms with Crippen LogP contribution in [-0.2, 0) is 16.0 Å². The Morgan fingerprint density at radius 2 is 1.83 bits per heavy atom. The summed E-state index contributed by atoms with van der Waals surface area (Å²) < 4.78 is 17.1. The molecule has 0 bridgehead atoms. The van der Waals surface area contributed by atoms with Crippen molar-refractivity contribution in [2.75, 3.05) is 6.26 Å². The molecule has 4 rings (SSSR count). The Balaban J connectivity index is 1.98. The van der Waals surface area contributed by atoms with E-state index in [0.29, 0.717) is 17.8 Å². The number of carbonyl (C=O) groups is 1. The van der Waals surface area contributed by atoms with Gasteiger partial charge >= 0.3 is 11.6 Å². The average Bonchev–Trinajstić information content (AvgIpc) is 2.53. The van der Waals surface area contributed by atoms with Gasteiger partial charge in [-0.1, -0.05) is 0 Å². The molecule has 0 fully saturated rings. The second-order valence-corrected chi connectivity index (χ2v) is 7.25. The fraction of sp³-hybridized carbons (Fsp3) is 0.333. The summed E-state index contributed by atoms with van der Waals surface area (Å²) in [6.07, 6.45) is 3.99. The highest BCUT2D eigenvalue weighted by molar-refractivity contribution is 8.02. The molecule has 2 atom stereocenters. The van der Waals surface area contributed by atoms with Crippen LogP contribution in [0.3, 0.4) is 0 Å². The molecule has 2 aliphatic rings. The van der Waals surface area contributed by atoms with Gasteiger partial charge in [0.1, 0.15) is 11.3 Å². The Morgan fingerprint density at radius 1 is 1.08 bits per heavy atom. The van der Waals surface area contributed by atoms with Gasteiger partial charge in [-0.15, -0.1) is 11.8 Å². The highest BCUT2D eigenvalue weighted by atomic mass is 32.2. The van der Waals surface area contributed by atoms with Crippen LogP contribution in [0, 0.1) is 5.41 Å². The van der Waals surface area contributed by atoms with Crippen molar-refractivity contribution in [2.45, 2.75) is 26.1 Å². The number of hydrogen-bond donors (Lipinski definition) is 0. The van der Waals surface area contributed by atoms with Gasteiger partial charge in [-0.3, -0.25) is 0 Å². The quantitative estimate of drug-likeness (QED) is 0.584. The molecule has 1 aromatic heterocycles. The lowest BCUT2D eigenvalue weighted by Crippen LogP contribution is -2.58. The smallest absolute Gasteiger partial charge is 0.336 e. The normalized spacial score (nSPS) is 28.5. The van der Waals surface area contributed by atoms with Gasteiger partial charge in [0.05, 0.1) is 5.41 Å². The van der Waals surface area contributed by atoms with Gasteiger partial charge < -0.3 is 13.9 Å². The third-order valence-corrected chi connectivity index (χ3v) is 6.00. The summed E-state index contributed by atoms with van der Waals surface area (Å²) in [6, 6.07) is 6.80. The monoisotopic (exact) mass is 344 g/mol. The van der Waals surface area contributed by atoms with E-state index in [1.165, 1.54) is 23.9 Å². The van der Waals surface area contributed by atoms with Crippen LogP contribution in [0.25, 0.3) is 11.0 Å². The first kappa shape index (κ1) is 15.3. The van der Waals surface area contributed by atoms with Gasteiger partial charge in [-0.2, -0.15) is 0 Å². The molecule has 0 amide bonds. The minimum atomic E-state index is -1.10. The molecule has 0 radical (unpaired) electrons. The van der Waals surface area contributed by atoms with Gasteiger partial charge in [0.15, 0.2) is 0 Å². The van der Waals surface area contributed by atoms with Crippen LogP contribution < -0.4 is 10.4 Å². The molecule has 6 heteroatoms. The molecule has 124 valence electrons. The van der Waals surface area contributed by atoms with Crippen LogP contribution in [0.15, 0.2) is 44.5 Å². The molecule has 2 aromatic rings. The van der Waals surface area contributed by atoms with Crippen LogP contribution in [-0.4, -0.2) is 18.0 Å². The molecule has 2 unspecified atom stereocenters. The second-order valence-electron chi connectivity index (χ2n) is 6.41. The van der Waals surface area contributed by atoms with Crippen molar-refractivity contribution in [1.82, 2.24) is 0 Å². The van der Waals surface area contributed by atoms with Gasteiger partial charge in [0.2, 0.25) is 0 Å². The molecule has 3 heterocycles. The maximum atomic E-state index is 12.0. The summed E-state index contributed by atoms with van der Waals surface area (Å²) in [4.78, 5) is 24.5. The predicted molar refractivity (Wildman–Crippen MR) is 91.0 cm³/mol. The van der Waals surface area contributed by atoms with Crippen LogP contribution in [0.1, 0.15) is 19.4 Å². The average molecular weight is 344 g/mol. The summed E-state index contributed by atoms with van der Waals surface area (Å²) in [5.74, 6) is -0.936. The Morgan fingerprint density at radius 3 is 2.58 bits per heavy atom. The molecule has 0 N–H and O–H groups in total. The fourth-order valence-corrected chi connectivity index (χ4v) is 4.41. The lowest BCUT2D eigenvalue weighted by atomic mass is 9.72. The number of ether oxygens (including phenoxy) is 2. The number of fused-ring (bicyclic) bond motifs is 4. The number of esters is 1. The Bertz CT molecular complexity index is 960. The van der Waals surface area contributed by atoms with E-state index < -0.39 is 22.8 Å². The number of carbonyl (C=O) groups excluding carboxylic acids is 1. The molecule has 2 aliphatic heterocycles. The molecular weight excluding hydrogens is 328 g/mol.